The van der Waals surface area contributed by atoms with E-state index in [1.807, 2.05) is 14.0 Å². The van der Waals surface area contributed by atoms with E-state index < -0.39 is 5.97 Å². The molecule has 0 aromatic carbocycles. The van der Waals surface area contributed by atoms with Gasteiger partial charge in [0.05, 0.1) is 11.9 Å². The highest BCUT2D eigenvalue weighted by Gasteiger charge is 2.12. The van der Waals surface area contributed by atoms with E-state index in [9.17, 15) is 4.79 Å². The zero-order valence-corrected chi connectivity index (χ0v) is 7.93. The fraction of sp³-hybridized carbons (Fsp3) is 0.375. The fourth-order valence-corrected chi connectivity index (χ4v) is 1.56. The van der Waals surface area contributed by atoms with E-state index >= 15 is 0 Å². The maximum atomic E-state index is 10.5. The molecular weight excluding hydrogens is 184 g/mol. The number of carbonyl (C=O) groups is 1. The summed E-state index contributed by atoms with van der Waals surface area (Å²) in [5, 5.41) is 16.8. The average molecular weight is 194 g/mol. The second-order valence-corrected chi connectivity index (χ2v) is 3.14. The Labute approximate surface area is 79.7 Å². The molecule has 6 nitrogen and oxygen atoms in total. The molecule has 2 aromatic rings. The van der Waals surface area contributed by atoms with Crippen molar-refractivity contribution in [3.63, 3.8) is 0 Å². The van der Waals surface area contributed by atoms with E-state index in [2.05, 4.69) is 10.2 Å². The Kier molecular flexibility index (Phi) is 1.77. The maximum absolute atomic E-state index is 10.5. The van der Waals surface area contributed by atoms with Crippen LogP contribution in [0.15, 0.2) is 6.20 Å². The van der Waals surface area contributed by atoms with Crippen molar-refractivity contribution in [1.82, 2.24) is 19.6 Å². The Hall–Kier alpha value is -1.85. The summed E-state index contributed by atoms with van der Waals surface area (Å²) in [6, 6.07) is 0. The molecule has 14 heavy (non-hydrogen) atoms. The molecule has 0 spiro atoms. The fourth-order valence-electron chi connectivity index (χ4n) is 1.56. The topological polar surface area (TPSA) is 72.9 Å². The van der Waals surface area contributed by atoms with Crippen LogP contribution in [0.4, 0.5) is 0 Å². The molecule has 74 valence electrons. The van der Waals surface area contributed by atoms with E-state index in [0.717, 1.165) is 16.7 Å². The summed E-state index contributed by atoms with van der Waals surface area (Å²) in [4.78, 5) is 10.5. The van der Waals surface area contributed by atoms with Crippen LogP contribution in [0, 0.1) is 6.92 Å². The number of carboxylic acid groups (broad SMARTS) is 1. The van der Waals surface area contributed by atoms with Crippen LogP contribution in [0.2, 0.25) is 0 Å². The van der Waals surface area contributed by atoms with Gasteiger partial charge in [0.2, 0.25) is 0 Å². The second-order valence-electron chi connectivity index (χ2n) is 3.14. The molecule has 0 aliphatic heterocycles. The zero-order valence-electron chi connectivity index (χ0n) is 7.93. The predicted octanol–water partition coefficient (Wildman–Crippen LogP) is 0.163. The SMILES string of the molecule is Cc1nn(C)c2cnn(CC(=O)O)c12. The molecule has 2 rings (SSSR count). The maximum Gasteiger partial charge on any atom is 0.325 e. The molecule has 0 atom stereocenters. The summed E-state index contributed by atoms with van der Waals surface area (Å²) >= 11 is 0. The molecule has 0 radical (unpaired) electrons. The minimum atomic E-state index is -0.904. The highest BCUT2D eigenvalue weighted by molar-refractivity contribution is 5.79. The van der Waals surface area contributed by atoms with Gasteiger partial charge in [0, 0.05) is 7.05 Å². The molecule has 2 aromatic heterocycles. The Morgan fingerprint density at radius 2 is 2.36 bits per heavy atom. The molecule has 0 aliphatic rings. The number of hydrogen-bond donors (Lipinski definition) is 1. The van der Waals surface area contributed by atoms with Crippen molar-refractivity contribution in [3.8, 4) is 0 Å². The number of fused-ring (bicyclic) bond motifs is 1. The smallest absolute Gasteiger partial charge is 0.325 e. The minimum Gasteiger partial charge on any atom is -0.480 e. The Balaban J connectivity index is 2.61. The molecule has 0 fully saturated rings. The predicted molar refractivity (Wildman–Crippen MR) is 48.9 cm³/mol. The van der Waals surface area contributed by atoms with Gasteiger partial charge in [-0.2, -0.15) is 10.2 Å². The van der Waals surface area contributed by atoms with Crippen molar-refractivity contribution in [3.05, 3.63) is 11.9 Å². The van der Waals surface area contributed by atoms with Gasteiger partial charge < -0.3 is 5.11 Å². The normalized spacial score (nSPS) is 11.0. The van der Waals surface area contributed by atoms with Crippen LogP contribution in [0.1, 0.15) is 5.69 Å². The zero-order chi connectivity index (χ0) is 10.3. The molecule has 0 saturated carbocycles. The summed E-state index contributed by atoms with van der Waals surface area (Å²) in [6.45, 7) is 1.71. The van der Waals surface area contributed by atoms with Gasteiger partial charge in [-0.3, -0.25) is 14.2 Å². The van der Waals surface area contributed by atoms with Crippen molar-refractivity contribution < 1.29 is 9.90 Å². The molecule has 6 heteroatoms. The van der Waals surface area contributed by atoms with Gasteiger partial charge in [0.1, 0.15) is 17.6 Å². The lowest BCUT2D eigenvalue weighted by molar-refractivity contribution is -0.137. The van der Waals surface area contributed by atoms with Gasteiger partial charge in [-0.15, -0.1) is 0 Å². The number of rotatable bonds is 2. The first-order valence-electron chi connectivity index (χ1n) is 4.16. The van der Waals surface area contributed by atoms with Crippen LogP contribution in [0.25, 0.3) is 11.0 Å². The van der Waals surface area contributed by atoms with Gasteiger partial charge >= 0.3 is 5.97 Å². The third-order valence-electron chi connectivity index (χ3n) is 2.10. The van der Waals surface area contributed by atoms with Gasteiger partial charge in [-0.05, 0) is 6.92 Å². The first-order chi connectivity index (χ1) is 6.59. The molecule has 0 amide bonds. The molecule has 0 bridgehead atoms. The summed E-state index contributed by atoms with van der Waals surface area (Å²) in [6.07, 6.45) is 1.62. The highest BCUT2D eigenvalue weighted by atomic mass is 16.4. The summed E-state index contributed by atoms with van der Waals surface area (Å²) in [7, 11) is 1.81. The molecule has 1 N–H and O–H groups in total. The van der Waals surface area contributed by atoms with Gasteiger partial charge in [0.25, 0.3) is 0 Å². The highest BCUT2D eigenvalue weighted by Crippen LogP contribution is 2.16. The molecular formula is C8H10N4O2. The van der Waals surface area contributed by atoms with Crippen LogP contribution in [-0.4, -0.2) is 30.6 Å². The molecule has 0 saturated heterocycles. The largest absolute Gasteiger partial charge is 0.480 e. The number of aromatic nitrogens is 4. The standard InChI is InChI=1S/C8H10N4O2/c1-5-8-6(11(2)10-5)3-9-12(8)4-7(13)14/h3H,4H2,1-2H3,(H,13,14). The van der Waals surface area contributed by atoms with Crippen molar-refractivity contribution in [2.75, 3.05) is 0 Å². The van der Waals surface area contributed by atoms with Crippen LogP contribution in [0.3, 0.4) is 0 Å². The number of carboxylic acids is 1. The van der Waals surface area contributed by atoms with E-state index in [4.69, 9.17) is 5.11 Å². The molecule has 0 aliphatic carbocycles. The van der Waals surface area contributed by atoms with E-state index in [1.165, 1.54) is 4.68 Å². The lowest BCUT2D eigenvalue weighted by Gasteiger charge is -1.96. The monoisotopic (exact) mass is 194 g/mol. The lowest BCUT2D eigenvalue weighted by atomic mass is 10.4. The molecule has 0 unspecified atom stereocenters. The third kappa shape index (κ3) is 1.15. The van der Waals surface area contributed by atoms with Crippen molar-refractivity contribution >= 4 is 17.0 Å². The average Bonchev–Trinajstić information content (AvgIpc) is 2.56. The number of nitrogens with zero attached hydrogens (tertiary/aromatic N) is 4. The number of aryl methyl sites for hydroxylation is 2. The lowest BCUT2D eigenvalue weighted by Crippen LogP contribution is -2.09. The van der Waals surface area contributed by atoms with E-state index in [1.54, 1.807) is 10.9 Å². The first-order valence-corrected chi connectivity index (χ1v) is 4.16. The Morgan fingerprint density at radius 1 is 1.64 bits per heavy atom. The third-order valence-corrected chi connectivity index (χ3v) is 2.10. The van der Waals surface area contributed by atoms with Gasteiger partial charge in [0.15, 0.2) is 0 Å². The number of hydrogen-bond acceptors (Lipinski definition) is 3. The minimum absolute atomic E-state index is 0.129. The van der Waals surface area contributed by atoms with Crippen molar-refractivity contribution in [2.24, 2.45) is 7.05 Å². The summed E-state index contributed by atoms with van der Waals surface area (Å²) in [5.41, 5.74) is 2.43. The van der Waals surface area contributed by atoms with E-state index in [-0.39, 0.29) is 6.54 Å². The number of aliphatic carboxylic acids is 1. The van der Waals surface area contributed by atoms with Crippen LogP contribution >= 0.6 is 0 Å². The second kappa shape index (κ2) is 2.83. The molecule has 2 heterocycles. The van der Waals surface area contributed by atoms with Crippen molar-refractivity contribution in [1.29, 1.82) is 0 Å². The van der Waals surface area contributed by atoms with Crippen molar-refractivity contribution in [2.45, 2.75) is 13.5 Å². The van der Waals surface area contributed by atoms with Gasteiger partial charge in [-0.25, -0.2) is 0 Å². The Bertz CT molecular complexity index is 497. The van der Waals surface area contributed by atoms with Crippen LogP contribution in [0.5, 0.6) is 0 Å². The van der Waals surface area contributed by atoms with Crippen LogP contribution in [-0.2, 0) is 18.4 Å². The quantitative estimate of drug-likeness (QED) is 0.739. The van der Waals surface area contributed by atoms with Crippen LogP contribution < -0.4 is 0 Å². The van der Waals surface area contributed by atoms with E-state index in [0.29, 0.717) is 0 Å². The Morgan fingerprint density at radius 3 is 3.00 bits per heavy atom. The van der Waals surface area contributed by atoms with Gasteiger partial charge in [-0.1, -0.05) is 0 Å². The first kappa shape index (κ1) is 8.74. The summed E-state index contributed by atoms with van der Waals surface area (Å²) in [5.74, 6) is -0.904. The summed E-state index contributed by atoms with van der Waals surface area (Å²) < 4.78 is 3.13.